The monoisotopic (exact) mass is 207 g/mol. The second kappa shape index (κ2) is 5.36. The summed E-state index contributed by atoms with van der Waals surface area (Å²) in [5, 5.41) is 5.48. The van der Waals surface area contributed by atoms with Crippen LogP contribution in [0.25, 0.3) is 0 Å². The maximum absolute atomic E-state index is 11.3. The molecule has 0 atom stereocenters. The molecule has 0 fully saturated rings. The molecule has 0 heterocycles. The smallest absolute Gasteiger partial charge is 0.319 e. The fourth-order valence-corrected chi connectivity index (χ4v) is 1.15. The topological polar surface area (TPSA) is 67.2 Å². The van der Waals surface area contributed by atoms with E-state index in [1.165, 1.54) is 0 Å². The van der Waals surface area contributed by atoms with Crippen molar-refractivity contribution in [1.29, 1.82) is 0 Å². The van der Waals surface area contributed by atoms with Gasteiger partial charge in [0, 0.05) is 18.3 Å². The van der Waals surface area contributed by atoms with Gasteiger partial charge in [0.1, 0.15) is 0 Å². The van der Waals surface area contributed by atoms with Gasteiger partial charge in [-0.05, 0) is 31.5 Å². The lowest BCUT2D eigenvalue weighted by molar-refractivity contribution is 0.250. The van der Waals surface area contributed by atoms with E-state index in [1.54, 1.807) is 0 Å². The van der Waals surface area contributed by atoms with E-state index in [1.807, 2.05) is 38.1 Å². The third kappa shape index (κ3) is 3.99. The summed E-state index contributed by atoms with van der Waals surface area (Å²) in [5.41, 5.74) is 7.28. The zero-order chi connectivity index (χ0) is 11.3. The third-order valence-corrected chi connectivity index (χ3v) is 1.87. The minimum atomic E-state index is -0.189. The Morgan fingerprint density at radius 1 is 1.33 bits per heavy atom. The number of rotatable bonds is 3. The molecule has 15 heavy (non-hydrogen) atoms. The summed E-state index contributed by atoms with van der Waals surface area (Å²) < 4.78 is 0. The number of amides is 2. The van der Waals surface area contributed by atoms with Gasteiger partial charge in [-0.1, -0.05) is 12.1 Å². The summed E-state index contributed by atoms with van der Waals surface area (Å²) >= 11 is 0. The van der Waals surface area contributed by atoms with Crippen LogP contribution in [0.5, 0.6) is 0 Å². The Hall–Kier alpha value is -1.55. The Balaban J connectivity index is 2.53. The van der Waals surface area contributed by atoms with E-state index in [0.717, 1.165) is 11.3 Å². The van der Waals surface area contributed by atoms with Crippen molar-refractivity contribution in [2.24, 2.45) is 5.73 Å². The lowest BCUT2D eigenvalue weighted by Crippen LogP contribution is -2.34. The van der Waals surface area contributed by atoms with Crippen LogP contribution in [0.4, 0.5) is 10.5 Å². The van der Waals surface area contributed by atoms with Crippen LogP contribution in [-0.2, 0) is 6.54 Å². The van der Waals surface area contributed by atoms with Gasteiger partial charge in [0.2, 0.25) is 0 Å². The Morgan fingerprint density at radius 3 is 2.40 bits per heavy atom. The van der Waals surface area contributed by atoms with E-state index < -0.39 is 0 Å². The highest BCUT2D eigenvalue weighted by molar-refractivity contribution is 5.89. The molecular formula is C11H17N3O. The van der Waals surface area contributed by atoms with E-state index >= 15 is 0 Å². The number of urea groups is 1. The first kappa shape index (κ1) is 11.5. The van der Waals surface area contributed by atoms with E-state index in [4.69, 9.17) is 5.73 Å². The largest absolute Gasteiger partial charge is 0.336 e. The molecular weight excluding hydrogens is 190 g/mol. The predicted molar refractivity (Wildman–Crippen MR) is 61.6 cm³/mol. The molecule has 4 N–H and O–H groups in total. The van der Waals surface area contributed by atoms with Crippen molar-refractivity contribution in [2.45, 2.75) is 26.4 Å². The van der Waals surface area contributed by atoms with Gasteiger partial charge in [0.05, 0.1) is 0 Å². The third-order valence-electron chi connectivity index (χ3n) is 1.87. The lowest BCUT2D eigenvalue weighted by Gasteiger charge is -2.10. The lowest BCUT2D eigenvalue weighted by atomic mass is 10.2. The summed E-state index contributed by atoms with van der Waals surface area (Å²) in [6.07, 6.45) is 0. The van der Waals surface area contributed by atoms with Crippen LogP contribution in [0, 0.1) is 0 Å². The van der Waals surface area contributed by atoms with E-state index in [9.17, 15) is 4.79 Å². The molecule has 0 aromatic heterocycles. The Labute approximate surface area is 89.9 Å². The fourth-order valence-electron chi connectivity index (χ4n) is 1.15. The van der Waals surface area contributed by atoms with Crippen molar-refractivity contribution in [3.8, 4) is 0 Å². The normalized spacial score (nSPS) is 10.1. The molecule has 82 valence electrons. The van der Waals surface area contributed by atoms with Crippen molar-refractivity contribution in [2.75, 3.05) is 5.32 Å². The van der Waals surface area contributed by atoms with Gasteiger partial charge in [0.25, 0.3) is 0 Å². The summed E-state index contributed by atoms with van der Waals surface area (Å²) in [6.45, 7) is 4.34. The van der Waals surface area contributed by atoms with Crippen LogP contribution in [0.3, 0.4) is 0 Å². The molecule has 0 unspecified atom stereocenters. The number of nitrogens with two attached hydrogens (primary N) is 1. The Bertz CT molecular complexity index is 319. The number of benzene rings is 1. The van der Waals surface area contributed by atoms with Gasteiger partial charge in [-0.25, -0.2) is 4.79 Å². The number of hydrogen-bond acceptors (Lipinski definition) is 2. The van der Waals surface area contributed by atoms with E-state index in [2.05, 4.69) is 10.6 Å². The van der Waals surface area contributed by atoms with E-state index in [0.29, 0.717) is 6.54 Å². The van der Waals surface area contributed by atoms with Crippen LogP contribution in [0.15, 0.2) is 24.3 Å². The average Bonchev–Trinajstić information content (AvgIpc) is 2.17. The molecule has 0 aliphatic rings. The zero-order valence-electron chi connectivity index (χ0n) is 9.08. The number of hydrogen-bond donors (Lipinski definition) is 3. The SMILES string of the molecule is CC(C)NC(=O)Nc1ccc(CN)cc1. The standard InChI is InChI=1S/C11H17N3O/c1-8(2)13-11(15)14-10-5-3-9(7-12)4-6-10/h3-6,8H,7,12H2,1-2H3,(H2,13,14,15). The van der Waals surface area contributed by atoms with Gasteiger partial charge in [-0.3, -0.25) is 0 Å². The molecule has 0 bridgehead atoms. The summed E-state index contributed by atoms with van der Waals surface area (Å²) in [6, 6.07) is 7.40. The second-order valence-electron chi connectivity index (χ2n) is 3.65. The number of anilines is 1. The number of nitrogens with one attached hydrogen (secondary N) is 2. The van der Waals surface area contributed by atoms with Crippen molar-refractivity contribution < 1.29 is 4.79 Å². The van der Waals surface area contributed by atoms with Crippen LogP contribution in [-0.4, -0.2) is 12.1 Å². The highest BCUT2D eigenvalue weighted by Gasteiger charge is 2.02. The molecule has 4 heteroatoms. The maximum atomic E-state index is 11.3. The summed E-state index contributed by atoms with van der Waals surface area (Å²) in [5.74, 6) is 0. The molecule has 0 radical (unpaired) electrons. The molecule has 1 rings (SSSR count). The van der Waals surface area contributed by atoms with Crippen molar-refractivity contribution in [1.82, 2.24) is 5.32 Å². The van der Waals surface area contributed by atoms with Gasteiger partial charge in [-0.2, -0.15) is 0 Å². The van der Waals surface area contributed by atoms with Gasteiger partial charge < -0.3 is 16.4 Å². The van der Waals surface area contributed by atoms with Crippen LogP contribution >= 0.6 is 0 Å². The number of carbonyl (C=O) groups is 1. The average molecular weight is 207 g/mol. The minimum absolute atomic E-state index is 0.133. The molecule has 0 aliphatic heterocycles. The Morgan fingerprint density at radius 2 is 1.93 bits per heavy atom. The molecule has 0 spiro atoms. The number of carbonyl (C=O) groups excluding carboxylic acids is 1. The van der Waals surface area contributed by atoms with E-state index in [-0.39, 0.29) is 12.1 Å². The van der Waals surface area contributed by atoms with Crippen LogP contribution in [0.1, 0.15) is 19.4 Å². The molecule has 4 nitrogen and oxygen atoms in total. The van der Waals surface area contributed by atoms with Crippen molar-refractivity contribution in [3.63, 3.8) is 0 Å². The first-order valence-corrected chi connectivity index (χ1v) is 4.98. The molecule has 1 aromatic rings. The quantitative estimate of drug-likeness (QED) is 0.705. The summed E-state index contributed by atoms with van der Waals surface area (Å²) in [4.78, 5) is 11.3. The fraction of sp³-hybridized carbons (Fsp3) is 0.364. The van der Waals surface area contributed by atoms with Gasteiger partial charge in [0.15, 0.2) is 0 Å². The second-order valence-corrected chi connectivity index (χ2v) is 3.65. The molecule has 0 saturated heterocycles. The van der Waals surface area contributed by atoms with Crippen molar-refractivity contribution >= 4 is 11.7 Å². The maximum Gasteiger partial charge on any atom is 0.319 e. The van der Waals surface area contributed by atoms with Gasteiger partial charge >= 0.3 is 6.03 Å². The summed E-state index contributed by atoms with van der Waals surface area (Å²) in [7, 11) is 0. The highest BCUT2D eigenvalue weighted by atomic mass is 16.2. The first-order chi connectivity index (χ1) is 7.11. The molecule has 0 saturated carbocycles. The van der Waals surface area contributed by atoms with Crippen LogP contribution in [0.2, 0.25) is 0 Å². The molecule has 1 aromatic carbocycles. The minimum Gasteiger partial charge on any atom is -0.336 e. The van der Waals surface area contributed by atoms with Crippen LogP contribution < -0.4 is 16.4 Å². The predicted octanol–water partition coefficient (Wildman–Crippen LogP) is 1.68. The van der Waals surface area contributed by atoms with Gasteiger partial charge in [-0.15, -0.1) is 0 Å². The molecule has 2 amide bonds. The zero-order valence-corrected chi connectivity index (χ0v) is 9.08. The molecule has 0 aliphatic carbocycles. The Kier molecular flexibility index (Phi) is 4.12. The first-order valence-electron chi connectivity index (χ1n) is 4.98. The highest BCUT2D eigenvalue weighted by Crippen LogP contribution is 2.08. The van der Waals surface area contributed by atoms with Crippen molar-refractivity contribution in [3.05, 3.63) is 29.8 Å².